The van der Waals surface area contributed by atoms with Crippen LogP contribution in [-0.4, -0.2) is 60.8 Å². The first-order valence-electron chi connectivity index (χ1n) is 8.53. The van der Waals surface area contributed by atoms with E-state index < -0.39 is 37.7 Å². The van der Waals surface area contributed by atoms with E-state index in [4.69, 9.17) is 9.16 Å². The molecule has 6 nitrogen and oxygen atoms in total. The molecule has 1 rings (SSSR count). The molecule has 1 fully saturated rings. The van der Waals surface area contributed by atoms with Gasteiger partial charge in [0.05, 0.1) is 13.2 Å². The predicted octanol–water partition coefficient (Wildman–Crippen LogP) is 3.81. The zero-order valence-electron chi connectivity index (χ0n) is 16.6. The molecule has 1 N–H and O–H groups in total. The Morgan fingerprint density at radius 2 is 1.76 bits per heavy atom. The van der Waals surface area contributed by atoms with Crippen LogP contribution < -0.4 is 0 Å². The van der Waals surface area contributed by atoms with Gasteiger partial charge in [0.1, 0.15) is 11.6 Å². The van der Waals surface area contributed by atoms with E-state index in [1.165, 1.54) is 0 Å². The molecule has 0 aromatic carbocycles. The van der Waals surface area contributed by atoms with Crippen molar-refractivity contribution in [2.45, 2.75) is 83.4 Å². The lowest BCUT2D eigenvalue weighted by molar-refractivity contribution is -0.142. The fourth-order valence-corrected chi connectivity index (χ4v) is 3.35. The van der Waals surface area contributed by atoms with Crippen LogP contribution in [0.3, 0.4) is 0 Å². The second-order valence-electron chi connectivity index (χ2n) is 9.37. The summed E-state index contributed by atoms with van der Waals surface area (Å²) >= 11 is 0. The molecule has 0 radical (unpaired) electrons. The number of hydrogen-bond acceptors (Lipinski definition) is 4. The van der Waals surface area contributed by atoms with E-state index in [9.17, 15) is 14.7 Å². The molecule has 1 heterocycles. The molecule has 0 aliphatic carbocycles. The van der Waals surface area contributed by atoms with Crippen molar-refractivity contribution in [1.82, 2.24) is 4.90 Å². The molecule has 8 heteroatoms. The lowest BCUT2D eigenvalue weighted by atomic mass is 10.0. The molecule has 1 aliphatic heterocycles. The summed E-state index contributed by atoms with van der Waals surface area (Å²) in [5.74, 6) is -1.24. The van der Waals surface area contributed by atoms with Crippen LogP contribution in [0.25, 0.3) is 0 Å². The quantitative estimate of drug-likeness (QED) is 0.754. The molecule has 0 saturated carbocycles. The van der Waals surface area contributed by atoms with Gasteiger partial charge in [-0.25, -0.2) is 14.0 Å². The molecule has 0 aromatic rings. The summed E-state index contributed by atoms with van der Waals surface area (Å²) in [5, 5.41) is 9.29. The van der Waals surface area contributed by atoms with Gasteiger partial charge in [-0.15, -0.1) is 0 Å². The van der Waals surface area contributed by atoms with Gasteiger partial charge in [-0.05, 0) is 38.9 Å². The Bertz CT molecular complexity index is 526. The molecule has 0 aromatic heterocycles. The highest BCUT2D eigenvalue weighted by atomic mass is 28.4. The highest BCUT2D eigenvalue weighted by molar-refractivity contribution is 6.74. The highest BCUT2D eigenvalue weighted by Crippen LogP contribution is 2.39. The van der Waals surface area contributed by atoms with Gasteiger partial charge < -0.3 is 14.3 Å². The monoisotopic (exact) mass is 377 g/mol. The van der Waals surface area contributed by atoms with Crippen molar-refractivity contribution < 1.29 is 28.2 Å². The van der Waals surface area contributed by atoms with E-state index in [1.807, 2.05) is 33.9 Å². The number of carbonyl (C=O) groups is 2. The first-order valence-corrected chi connectivity index (χ1v) is 11.4. The van der Waals surface area contributed by atoms with Crippen LogP contribution >= 0.6 is 0 Å². The van der Waals surface area contributed by atoms with E-state index in [2.05, 4.69) is 0 Å². The largest absolute Gasteiger partial charge is 0.480 e. The van der Waals surface area contributed by atoms with Crippen LogP contribution in [0.15, 0.2) is 0 Å². The second kappa shape index (κ2) is 6.87. The second-order valence-corrected chi connectivity index (χ2v) is 14.2. The smallest absolute Gasteiger partial charge is 0.411 e. The van der Waals surface area contributed by atoms with Crippen LogP contribution in [0.1, 0.15) is 48.0 Å². The number of nitrogens with zero attached hydrogens (tertiary/aromatic N) is 1. The highest BCUT2D eigenvalue weighted by Gasteiger charge is 2.52. The number of carboxylic acid groups (broad SMARTS) is 1. The molecule has 0 unspecified atom stereocenters. The fourth-order valence-electron chi connectivity index (χ4n) is 2.30. The Labute approximate surface area is 150 Å². The zero-order chi connectivity index (χ0) is 19.8. The van der Waals surface area contributed by atoms with E-state index in [0.29, 0.717) is 0 Å². The lowest BCUT2D eigenvalue weighted by Gasteiger charge is -2.37. The minimum atomic E-state index is -2.18. The predicted molar refractivity (Wildman–Crippen MR) is 96.0 cm³/mol. The van der Waals surface area contributed by atoms with Gasteiger partial charge in [0, 0.05) is 6.42 Å². The third-order valence-corrected chi connectivity index (χ3v) is 9.28. The average Bonchev–Trinajstić information content (AvgIpc) is 2.73. The van der Waals surface area contributed by atoms with Crippen LogP contribution in [0.4, 0.5) is 9.18 Å². The third kappa shape index (κ3) is 5.67. The SMILES string of the molecule is CC(C)(C)OC(=O)N1C[C@@](F)(CO[Si](C)(C)C(C)(C)C)C[C@H]1C(=O)O. The van der Waals surface area contributed by atoms with Gasteiger partial charge in [-0.1, -0.05) is 20.8 Å². The minimum Gasteiger partial charge on any atom is -0.480 e. The molecule has 2 atom stereocenters. The summed E-state index contributed by atoms with van der Waals surface area (Å²) in [5.41, 5.74) is -2.67. The summed E-state index contributed by atoms with van der Waals surface area (Å²) in [6.07, 6.45) is -1.11. The van der Waals surface area contributed by atoms with Gasteiger partial charge in [-0.2, -0.15) is 0 Å². The summed E-state index contributed by atoms with van der Waals surface area (Å²) in [4.78, 5) is 24.7. The first kappa shape index (κ1) is 21.9. The standard InChI is InChI=1S/C17H32FNO5Si/c1-15(2,3)24-14(22)19-10-17(18,9-12(19)13(20)21)11-23-25(7,8)16(4,5)6/h12H,9-11H2,1-8H3,(H,20,21)/t12-,17+/m0/s1. The zero-order valence-corrected chi connectivity index (χ0v) is 17.6. The molecule has 1 saturated heterocycles. The van der Waals surface area contributed by atoms with Gasteiger partial charge >= 0.3 is 12.1 Å². The molecule has 0 spiro atoms. The Balaban J connectivity index is 2.90. The van der Waals surface area contributed by atoms with Crippen molar-refractivity contribution in [3.63, 3.8) is 0 Å². The van der Waals surface area contributed by atoms with Crippen LogP contribution in [0.2, 0.25) is 18.1 Å². The number of aliphatic carboxylic acids is 1. The summed E-state index contributed by atoms with van der Waals surface area (Å²) in [6, 6.07) is -1.25. The molecule has 25 heavy (non-hydrogen) atoms. The molecule has 1 aliphatic rings. The molecule has 146 valence electrons. The molecular formula is C17H32FNO5Si. The summed E-state index contributed by atoms with van der Waals surface area (Å²) in [6.45, 7) is 14.6. The Morgan fingerprint density at radius 3 is 2.16 bits per heavy atom. The number of rotatable bonds is 4. The van der Waals surface area contributed by atoms with E-state index >= 15 is 4.39 Å². The maximum atomic E-state index is 15.3. The van der Waals surface area contributed by atoms with Crippen LogP contribution in [0, 0.1) is 0 Å². The van der Waals surface area contributed by atoms with Crippen LogP contribution in [0.5, 0.6) is 0 Å². The van der Waals surface area contributed by atoms with E-state index in [-0.39, 0.29) is 24.6 Å². The van der Waals surface area contributed by atoms with Crippen LogP contribution in [-0.2, 0) is 14.0 Å². The van der Waals surface area contributed by atoms with Gasteiger partial charge in [0.25, 0.3) is 0 Å². The van der Waals surface area contributed by atoms with Gasteiger partial charge in [-0.3, -0.25) is 4.90 Å². The lowest BCUT2D eigenvalue weighted by Crippen LogP contribution is -2.46. The van der Waals surface area contributed by atoms with Crippen molar-refractivity contribution in [2.24, 2.45) is 0 Å². The van der Waals surface area contributed by atoms with Crippen molar-refractivity contribution in [2.75, 3.05) is 13.2 Å². The fraction of sp³-hybridized carbons (Fsp3) is 0.882. The first-order chi connectivity index (χ1) is 11.0. The molecule has 0 bridgehead atoms. The maximum absolute atomic E-state index is 15.3. The molecule has 1 amide bonds. The summed E-state index contributed by atoms with van der Waals surface area (Å²) in [7, 11) is -2.18. The number of amides is 1. The van der Waals surface area contributed by atoms with Crippen molar-refractivity contribution >= 4 is 20.4 Å². The van der Waals surface area contributed by atoms with Crippen molar-refractivity contribution in [3.8, 4) is 0 Å². The average molecular weight is 378 g/mol. The Hall–Kier alpha value is -1.15. The van der Waals surface area contributed by atoms with E-state index in [1.54, 1.807) is 20.8 Å². The third-order valence-electron chi connectivity index (χ3n) is 4.80. The maximum Gasteiger partial charge on any atom is 0.411 e. The van der Waals surface area contributed by atoms with E-state index in [0.717, 1.165) is 4.90 Å². The number of carbonyl (C=O) groups excluding carboxylic acids is 1. The van der Waals surface area contributed by atoms with Gasteiger partial charge in [0.2, 0.25) is 0 Å². The minimum absolute atomic E-state index is 0.0843. The van der Waals surface area contributed by atoms with Crippen molar-refractivity contribution in [1.29, 1.82) is 0 Å². The molecular weight excluding hydrogens is 345 g/mol. The number of alkyl halides is 1. The number of carboxylic acids is 1. The number of likely N-dealkylation sites (tertiary alicyclic amines) is 1. The van der Waals surface area contributed by atoms with Crippen molar-refractivity contribution in [3.05, 3.63) is 0 Å². The topological polar surface area (TPSA) is 76.1 Å². The number of ether oxygens (including phenoxy) is 1. The Morgan fingerprint density at radius 1 is 1.24 bits per heavy atom. The Kier molecular flexibility index (Phi) is 6.01. The number of hydrogen-bond donors (Lipinski definition) is 1. The van der Waals surface area contributed by atoms with Gasteiger partial charge in [0.15, 0.2) is 14.0 Å². The normalized spacial score (nSPS) is 25.2. The number of halogens is 1. The summed E-state index contributed by atoms with van der Waals surface area (Å²) < 4.78 is 26.4.